The summed E-state index contributed by atoms with van der Waals surface area (Å²) in [7, 11) is 0. The van der Waals surface area contributed by atoms with Gasteiger partial charge < -0.3 is 9.67 Å². The van der Waals surface area contributed by atoms with E-state index < -0.39 is 0 Å². The summed E-state index contributed by atoms with van der Waals surface area (Å²) in [6.07, 6.45) is 0. The standard InChI is InChI=1S/C10H11N3OS/c1-2-13-9(11-12-10(13)15)7-4-3-5-8(14)6-7/h3-6,14H,2H2,1H3,(H,12,15). The lowest BCUT2D eigenvalue weighted by atomic mass is 10.2. The zero-order chi connectivity index (χ0) is 10.8. The van der Waals surface area contributed by atoms with Gasteiger partial charge in [-0.3, -0.25) is 5.10 Å². The van der Waals surface area contributed by atoms with Crippen molar-refractivity contribution < 1.29 is 5.11 Å². The number of hydrogen-bond acceptors (Lipinski definition) is 3. The monoisotopic (exact) mass is 221 g/mol. The predicted octanol–water partition coefficient (Wildman–Crippen LogP) is 2.33. The van der Waals surface area contributed by atoms with Crippen LogP contribution in [0.2, 0.25) is 0 Å². The number of aromatic nitrogens is 3. The lowest BCUT2D eigenvalue weighted by molar-refractivity contribution is 0.475. The third kappa shape index (κ3) is 1.78. The number of hydrogen-bond donors (Lipinski definition) is 2. The fourth-order valence-electron chi connectivity index (χ4n) is 1.48. The van der Waals surface area contributed by atoms with Crippen molar-refractivity contribution in [3.63, 3.8) is 0 Å². The summed E-state index contributed by atoms with van der Waals surface area (Å²) < 4.78 is 2.47. The summed E-state index contributed by atoms with van der Waals surface area (Å²) >= 11 is 5.09. The molecule has 2 aromatic rings. The first-order valence-electron chi connectivity index (χ1n) is 4.67. The van der Waals surface area contributed by atoms with Crippen LogP contribution in [0.25, 0.3) is 11.4 Å². The molecule has 78 valence electrons. The second kappa shape index (κ2) is 3.86. The fraction of sp³-hybridized carbons (Fsp3) is 0.200. The first-order valence-corrected chi connectivity index (χ1v) is 5.08. The van der Waals surface area contributed by atoms with Crippen molar-refractivity contribution in [3.8, 4) is 17.1 Å². The number of aromatic hydroxyl groups is 1. The Morgan fingerprint density at radius 2 is 2.33 bits per heavy atom. The number of rotatable bonds is 2. The van der Waals surface area contributed by atoms with Gasteiger partial charge in [0.05, 0.1) is 0 Å². The van der Waals surface area contributed by atoms with Crippen LogP contribution < -0.4 is 0 Å². The highest BCUT2D eigenvalue weighted by Crippen LogP contribution is 2.21. The van der Waals surface area contributed by atoms with Gasteiger partial charge in [0.1, 0.15) is 5.75 Å². The molecule has 1 aromatic heterocycles. The van der Waals surface area contributed by atoms with E-state index in [0.29, 0.717) is 4.77 Å². The Kier molecular flexibility index (Phi) is 2.55. The Morgan fingerprint density at radius 1 is 1.53 bits per heavy atom. The van der Waals surface area contributed by atoms with Gasteiger partial charge in [-0.1, -0.05) is 12.1 Å². The van der Waals surface area contributed by atoms with Gasteiger partial charge in [0.15, 0.2) is 10.6 Å². The second-order valence-corrected chi connectivity index (χ2v) is 3.53. The molecule has 0 atom stereocenters. The Morgan fingerprint density at radius 3 is 3.00 bits per heavy atom. The molecule has 0 aliphatic rings. The summed E-state index contributed by atoms with van der Waals surface area (Å²) in [6, 6.07) is 6.96. The van der Waals surface area contributed by atoms with Gasteiger partial charge in [-0.25, -0.2) is 0 Å². The minimum atomic E-state index is 0.226. The summed E-state index contributed by atoms with van der Waals surface area (Å²) in [5.41, 5.74) is 0.851. The van der Waals surface area contributed by atoms with Crippen LogP contribution in [0.3, 0.4) is 0 Å². The Hall–Kier alpha value is -1.62. The normalized spacial score (nSPS) is 10.5. The molecule has 4 nitrogen and oxygen atoms in total. The number of H-pyrrole nitrogens is 1. The van der Waals surface area contributed by atoms with E-state index in [-0.39, 0.29) is 5.75 Å². The maximum Gasteiger partial charge on any atom is 0.195 e. The Balaban J connectivity index is 2.59. The van der Waals surface area contributed by atoms with Crippen LogP contribution >= 0.6 is 12.2 Å². The van der Waals surface area contributed by atoms with Crippen molar-refractivity contribution in [2.75, 3.05) is 0 Å². The van der Waals surface area contributed by atoms with E-state index in [2.05, 4.69) is 10.2 Å². The van der Waals surface area contributed by atoms with Gasteiger partial charge >= 0.3 is 0 Å². The molecule has 0 unspecified atom stereocenters. The highest BCUT2D eigenvalue weighted by molar-refractivity contribution is 7.71. The highest BCUT2D eigenvalue weighted by Gasteiger charge is 2.07. The van der Waals surface area contributed by atoms with E-state index in [1.165, 1.54) is 0 Å². The third-order valence-electron chi connectivity index (χ3n) is 2.18. The van der Waals surface area contributed by atoms with Gasteiger partial charge in [0, 0.05) is 12.1 Å². The first-order chi connectivity index (χ1) is 7.22. The minimum absolute atomic E-state index is 0.226. The predicted molar refractivity (Wildman–Crippen MR) is 60.2 cm³/mol. The summed E-state index contributed by atoms with van der Waals surface area (Å²) in [6.45, 7) is 2.75. The summed E-state index contributed by atoms with van der Waals surface area (Å²) in [5, 5.41) is 16.2. The molecule has 0 fully saturated rings. The lowest BCUT2D eigenvalue weighted by Gasteiger charge is -2.03. The van der Waals surface area contributed by atoms with Crippen LogP contribution in [0.5, 0.6) is 5.75 Å². The van der Waals surface area contributed by atoms with Crippen molar-refractivity contribution in [1.29, 1.82) is 0 Å². The molecule has 1 heterocycles. The van der Waals surface area contributed by atoms with Crippen LogP contribution in [-0.4, -0.2) is 19.9 Å². The molecule has 1 aromatic carbocycles. The molecule has 0 saturated carbocycles. The number of aromatic amines is 1. The molecule has 5 heteroatoms. The van der Waals surface area contributed by atoms with Crippen molar-refractivity contribution in [2.24, 2.45) is 0 Å². The number of nitrogens with zero attached hydrogens (tertiary/aromatic N) is 2. The van der Waals surface area contributed by atoms with Crippen LogP contribution in [0.15, 0.2) is 24.3 Å². The quantitative estimate of drug-likeness (QED) is 0.765. The summed E-state index contributed by atoms with van der Waals surface area (Å²) in [5.74, 6) is 0.975. The second-order valence-electron chi connectivity index (χ2n) is 3.15. The van der Waals surface area contributed by atoms with Gasteiger partial charge in [-0.2, -0.15) is 5.10 Å². The molecule has 2 rings (SSSR count). The number of phenols is 1. The van der Waals surface area contributed by atoms with E-state index in [4.69, 9.17) is 12.2 Å². The molecule has 0 aliphatic carbocycles. The zero-order valence-electron chi connectivity index (χ0n) is 8.27. The zero-order valence-corrected chi connectivity index (χ0v) is 9.08. The topological polar surface area (TPSA) is 53.8 Å². The average Bonchev–Trinajstić information content (AvgIpc) is 2.59. The molecular formula is C10H11N3OS. The van der Waals surface area contributed by atoms with Crippen LogP contribution in [0.1, 0.15) is 6.92 Å². The molecule has 0 spiro atoms. The number of benzene rings is 1. The van der Waals surface area contributed by atoms with E-state index >= 15 is 0 Å². The average molecular weight is 221 g/mol. The molecule has 0 amide bonds. The lowest BCUT2D eigenvalue weighted by Crippen LogP contribution is -1.97. The van der Waals surface area contributed by atoms with Gasteiger partial charge in [0.25, 0.3) is 0 Å². The largest absolute Gasteiger partial charge is 0.508 e. The Labute approximate surface area is 92.2 Å². The maximum atomic E-state index is 9.37. The van der Waals surface area contributed by atoms with Crippen molar-refractivity contribution >= 4 is 12.2 Å². The van der Waals surface area contributed by atoms with Crippen molar-refractivity contribution in [1.82, 2.24) is 14.8 Å². The van der Waals surface area contributed by atoms with E-state index in [0.717, 1.165) is 17.9 Å². The van der Waals surface area contributed by atoms with Crippen LogP contribution in [0, 0.1) is 4.77 Å². The molecular weight excluding hydrogens is 210 g/mol. The fourth-order valence-corrected chi connectivity index (χ4v) is 1.74. The van der Waals surface area contributed by atoms with Crippen LogP contribution in [0.4, 0.5) is 0 Å². The highest BCUT2D eigenvalue weighted by atomic mass is 32.1. The first kappa shape index (κ1) is 9.92. The SMILES string of the molecule is CCn1c(-c2cccc(O)c2)n[nH]c1=S. The van der Waals surface area contributed by atoms with Crippen LogP contribution in [-0.2, 0) is 6.54 Å². The smallest absolute Gasteiger partial charge is 0.195 e. The van der Waals surface area contributed by atoms with Crippen molar-refractivity contribution in [3.05, 3.63) is 29.0 Å². The molecule has 0 saturated heterocycles. The molecule has 2 N–H and O–H groups in total. The van der Waals surface area contributed by atoms with E-state index in [1.54, 1.807) is 18.2 Å². The minimum Gasteiger partial charge on any atom is -0.508 e. The van der Waals surface area contributed by atoms with Gasteiger partial charge in [-0.15, -0.1) is 0 Å². The maximum absolute atomic E-state index is 9.37. The third-order valence-corrected chi connectivity index (χ3v) is 2.49. The van der Waals surface area contributed by atoms with Gasteiger partial charge in [0.2, 0.25) is 0 Å². The van der Waals surface area contributed by atoms with E-state index in [9.17, 15) is 5.11 Å². The molecule has 0 bridgehead atoms. The molecule has 0 aliphatic heterocycles. The molecule has 15 heavy (non-hydrogen) atoms. The number of phenolic OH excluding ortho intramolecular Hbond substituents is 1. The number of nitrogens with one attached hydrogen (secondary N) is 1. The van der Waals surface area contributed by atoms with E-state index in [1.807, 2.05) is 17.6 Å². The Bertz CT molecular complexity index is 529. The van der Waals surface area contributed by atoms with Gasteiger partial charge in [-0.05, 0) is 31.3 Å². The molecule has 0 radical (unpaired) electrons. The van der Waals surface area contributed by atoms with Crippen molar-refractivity contribution in [2.45, 2.75) is 13.5 Å². The summed E-state index contributed by atoms with van der Waals surface area (Å²) in [4.78, 5) is 0.